The van der Waals surface area contributed by atoms with Gasteiger partial charge in [-0.25, -0.2) is 9.78 Å². The Morgan fingerprint density at radius 1 is 1.50 bits per heavy atom. The van der Waals surface area contributed by atoms with E-state index in [-0.39, 0.29) is 12.1 Å². The molecule has 0 aromatic carbocycles. The summed E-state index contributed by atoms with van der Waals surface area (Å²) in [6, 6.07) is 1.86. The topological polar surface area (TPSA) is 71.5 Å². The van der Waals surface area contributed by atoms with Crippen molar-refractivity contribution in [3.63, 3.8) is 0 Å². The van der Waals surface area contributed by atoms with E-state index in [1.807, 2.05) is 0 Å². The van der Waals surface area contributed by atoms with Crippen LogP contribution in [-0.2, 0) is 4.74 Å². The lowest BCUT2D eigenvalue weighted by Crippen LogP contribution is -2.29. The minimum Gasteiger partial charge on any atom is -0.462 e. The number of aliphatic hydroxyl groups is 1. The molecule has 1 aromatic heterocycles. The zero-order valence-corrected chi connectivity index (χ0v) is 12.2. The van der Waals surface area contributed by atoms with Gasteiger partial charge in [-0.05, 0) is 38.7 Å². The van der Waals surface area contributed by atoms with Gasteiger partial charge in [-0.1, -0.05) is 11.6 Å². The number of hydrogen-bond donors (Lipinski definition) is 2. The van der Waals surface area contributed by atoms with Crippen LogP contribution >= 0.6 is 11.6 Å². The Labute approximate surface area is 123 Å². The third kappa shape index (κ3) is 3.84. The molecule has 1 aliphatic carbocycles. The van der Waals surface area contributed by atoms with Gasteiger partial charge in [0.2, 0.25) is 0 Å². The summed E-state index contributed by atoms with van der Waals surface area (Å²) in [5.41, 5.74) is 1.03. The van der Waals surface area contributed by atoms with Crippen molar-refractivity contribution in [3.8, 4) is 0 Å². The summed E-state index contributed by atoms with van der Waals surface area (Å²) in [6.07, 6.45) is 4.49. The molecule has 1 heterocycles. The molecular formula is C14H19ClN2O3. The predicted octanol–water partition coefficient (Wildman–Crippen LogP) is 2.63. The van der Waals surface area contributed by atoms with Crippen LogP contribution in [0.1, 0.15) is 43.0 Å². The molecule has 1 aromatic rings. The molecule has 2 rings (SSSR count). The van der Waals surface area contributed by atoms with Gasteiger partial charge in [-0.3, -0.25) is 0 Å². The highest BCUT2D eigenvalue weighted by atomic mass is 35.5. The van der Waals surface area contributed by atoms with Crippen LogP contribution in [0.3, 0.4) is 0 Å². The first kappa shape index (κ1) is 15.1. The second kappa shape index (κ2) is 6.90. The minimum absolute atomic E-state index is 0.210. The van der Waals surface area contributed by atoms with E-state index < -0.39 is 5.97 Å². The number of aromatic nitrogens is 1. The number of esters is 1. The number of nitrogens with one attached hydrogen (secondary N) is 1. The number of nitrogens with zero attached hydrogens (tertiary/aromatic N) is 1. The van der Waals surface area contributed by atoms with Crippen molar-refractivity contribution >= 4 is 23.3 Å². The number of ether oxygens (including phenoxy) is 1. The van der Waals surface area contributed by atoms with Crippen LogP contribution < -0.4 is 5.32 Å². The molecule has 0 atom stereocenters. The number of hydrogen-bond acceptors (Lipinski definition) is 5. The average Bonchev–Trinajstić information content (AvgIpc) is 2.42. The van der Waals surface area contributed by atoms with Gasteiger partial charge in [0.15, 0.2) is 0 Å². The Balaban J connectivity index is 2.12. The van der Waals surface area contributed by atoms with Gasteiger partial charge in [0.1, 0.15) is 10.7 Å². The highest BCUT2D eigenvalue weighted by molar-refractivity contribution is 6.29. The van der Waals surface area contributed by atoms with Gasteiger partial charge in [0, 0.05) is 12.2 Å². The van der Waals surface area contributed by atoms with Crippen LogP contribution in [0.25, 0.3) is 0 Å². The quantitative estimate of drug-likeness (QED) is 0.660. The molecular weight excluding hydrogens is 280 g/mol. The first-order valence-electron chi connectivity index (χ1n) is 6.87. The molecule has 1 aliphatic rings. The molecule has 6 heteroatoms. The van der Waals surface area contributed by atoms with Crippen LogP contribution in [0.5, 0.6) is 0 Å². The Hall–Kier alpha value is -1.33. The molecule has 110 valence electrons. The van der Waals surface area contributed by atoms with Crippen molar-refractivity contribution in [2.24, 2.45) is 0 Å². The monoisotopic (exact) mass is 298 g/mol. The minimum atomic E-state index is -0.407. The second-order valence-corrected chi connectivity index (χ2v) is 5.31. The number of carbonyl (C=O) groups excluding carboxylic acids is 1. The van der Waals surface area contributed by atoms with E-state index >= 15 is 0 Å². The maximum absolute atomic E-state index is 11.9. The molecule has 0 saturated heterocycles. The number of carbonyl (C=O) groups is 1. The maximum atomic E-state index is 11.9. The normalized spacial score (nSPS) is 22.4. The fraction of sp³-hybridized carbons (Fsp3) is 0.571. The van der Waals surface area contributed by atoms with Crippen molar-refractivity contribution in [2.75, 3.05) is 11.9 Å². The van der Waals surface area contributed by atoms with Crippen molar-refractivity contribution in [1.82, 2.24) is 4.98 Å². The van der Waals surface area contributed by atoms with Gasteiger partial charge in [0.05, 0.1) is 18.4 Å². The number of pyridine rings is 1. The van der Waals surface area contributed by atoms with Crippen LogP contribution in [0.2, 0.25) is 5.15 Å². The van der Waals surface area contributed by atoms with Crippen molar-refractivity contribution < 1.29 is 14.6 Å². The van der Waals surface area contributed by atoms with Crippen molar-refractivity contribution in [2.45, 2.75) is 44.8 Å². The molecule has 5 nitrogen and oxygen atoms in total. The van der Waals surface area contributed by atoms with Crippen LogP contribution in [0, 0.1) is 0 Å². The molecule has 0 unspecified atom stereocenters. The summed E-state index contributed by atoms with van der Waals surface area (Å²) >= 11 is 5.90. The molecule has 1 fully saturated rings. The van der Waals surface area contributed by atoms with E-state index in [9.17, 15) is 9.90 Å². The Bertz CT molecular complexity index is 473. The lowest BCUT2D eigenvalue weighted by molar-refractivity contribution is 0.0526. The van der Waals surface area contributed by atoms with Crippen LogP contribution in [0.15, 0.2) is 12.3 Å². The largest absolute Gasteiger partial charge is 0.462 e. The number of anilines is 1. The van der Waals surface area contributed by atoms with Gasteiger partial charge in [0.25, 0.3) is 0 Å². The smallest absolute Gasteiger partial charge is 0.341 e. The van der Waals surface area contributed by atoms with Crippen LogP contribution in [-0.4, -0.2) is 34.8 Å². The standard InChI is InChI=1S/C14H19ClN2O3/c1-2-20-14(19)11-8-16-13(15)7-12(11)17-9-3-5-10(18)6-4-9/h7-10,18H,2-6H2,1H3,(H,16,17)/t9-,10+. The fourth-order valence-electron chi connectivity index (χ4n) is 2.36. The number of halogens is 1. The summed E-state index contributed by atoms with van der Waals surface area (Å²) in [7, 11) is 0. The SMILES string of the molecule is CCOC(=O)c1cnc(Cl)cc1N[C@H]1CC[C@@H](O)CC1. The summed E-state index contributed by atoms with van der Waals surface area (Å²) in [4.78, 5) is 15.8. The van der Waals surface area contributed by atoms with Gasteiger partial charge >= 0.3 is 5.97 Å². The van der Waals surface area contributed by atoms with Crippen molar-refractivity contribution in [3.05, 3.63) is 23.0 Å². The van der Waals surface area contributed by atoms with Crippen LogP contribution in [0.4, 0.5) is 5.69 Å². The molecule has 0 aliphatic heterocycles. The number of rotatable bonds is 4. The molecule has 0 spiro atoms. The predicted molar refractivity (Wildman–Crippen MR) is 77.1 cm³/mol. The van der Waals surface area contributed by atoms with E-state index in [2.05, 4.69) is 10.3 Å². The van der Waals surface area contributed by atoms with Gasteiger partial charge < -0.3 is 15.2 Å². The van der Waals surface area contributed by atoms with E-state index in [0.29, 0.717) is 23.0 Å². The molecule has 1 saturated carbocycles. The lowest BCUT2D eigenvalue weighted by atomic mass is 9.93. The third-order valence-electron chi connectivity index (χ3n) is 3.42. The summed E-state index contributed by atoms with van der Waals surface area (Å²) in [5, 5.41) is 13.2. The molecule has 0 amide bonds. The maximum Gasteiger partial charge on any atom is 0.341 e. The first-order chi connectivity index (χ1) is 9.60. The molecule has 20 heavy (non-hydrogen) atoms. The molecule has 0 bridgehead atoms. The zero-order valence-electron chi connectivity index (χ0n) is 11.4. The average molecular weight is 299 g/mol. The molecule has 2 N–H and O–H groups in total. The van der Waals surface area contributed by atoms with E-state index in [1.165, 1.54) is 6.20 Å². The molecule has 0 radical (unpaired) electrons. The third-order valence-corrected chi connectivity index (χ3v) is 3.63. The second-order valence-electron chi connectivity index (χ2n) is 4.92. The highest BCUT2D eigenvalue weighted by Crippen LogP contribution is 2.26. The Morgan fingerprint density at radius 3 is 2.85 bits per heavy atom. The number of aliphatic hydroxyl groups excluding tert-OH is 1. The first-order valence-corrected chi connectivity index (χ1v) is 7.25. The Morgan fingerprint density at radius 2 is 2.20 bits per heavy atom. The fourth-order valence-corrected chi connectivity index (χ4v) is 2.52. The Kier molecular flexibility index (Phi) is 5.20. The van der Waals surface area contributed by atoms with Crippen molar-refractivity contribution in [1.29, 1.82) is 0 Å². The summed E-state index contributed by atoms with van der Waals surface area (Å²) in [6.45, 7) is 2.08. The lowest BCUT2D eigenvalue weighted by Gasteiger charge is -2.27. The zero-order chi connectivity index (χ0) is 14.5. The van der Waals surface area contributed by atoms with E-state index in [1.54, 1.807) is 13.0 Å². The van der Waals surface area contributed by atoms with E-state index in [4.69, 9.17) is 16.3 Å². The highest BCUT2D eigenvalue weighted by Gasteiger charge is 2.22. The van der Waals surface area contributed by atoms with E-state index in [0.717, 1.165) is 25.7 Å². The summed E-state index contributed by atoms with van der Waals surface area (Å²) in [5.74, 6) is -0.407. The van der Waals surface area contributed by atoms with Gasteiger partial charge in [-0.2, -0.15) is 0 Å². The van der Waals surface area contributed by atoms with Gasteiger partial charge in [-0.15, -0.1) is 0 Å². The summed E-state index contributed by atoms with van der Waals surface area (Å²) < 4.78 is 5.01.